The lowest BCUT2D eigenvalue weighted by Crippen LogP contribution is -2.50. The summed E-state index contributed by atoms with van der Waals surface area (Å²) in [5.74, 6) is -2.82. The lowest BCUT2D eigenvalue weighted by molar-refractivity contribution is -0.136. The van der Waals surface area contributed by atoms with Crippen LogP contribution in [0.4, 0.5) is 0 Å². The number of rotatable bonds is 6. The maximum atomic E-state index is 13.0. The van der Waals surface area contributed by atoms with Gasteiger partial charge in [0.1, 0.15) is 6.04 Å². The van der Waals surface area contributed by atoms with Crippen molar-refractivity contribution >= 4 is 27.6 Å². The van der Waals surface area contributed by atoms with Gasteiger partial charge < -0.3 is 11.1 Å². The van der Waals surface area contributed by atoms with Gasteiger partial charge in [0.25, 0.3) is 10.0 Å². The molecule has 1 aromatic heterocycles. The SMILES string of the molecule is CC(CC(=O)N([C@H]1CCCNCC1=O)S(=O)(=O)c1ccccn1)C(N)=O. The highest BCUT2D eigenvalue weighted by atomic mass is 32.2. The molecule has 0 bridgehead atoms. The fourth-order valence-corrected chi connectivity index (χ4v) is 4.23. The second-order valence-electron chi connectivity index (χ2n) is 6.17. The van der Waals surface area contributed by atoms with Crippen molar-refractivity contribution in [3.63, 3.8) is 0 Å². The molecule has 10 heteroatoms. The number of nitrogens with zero attached hydrogens (tertiary/aromatic N) is 2. The number of hydrogen-bond donors (Lipinski definition) is 2. The van der Waals surface area contributed by atoms with Crippen molar-refractivity contribution in [3.05, 3.63) is 24.4 Å². The van der Waals surface area contributed by atoms with Crippen molar-refractivity contribution in [3.8, 4) is 0 Å². The van der Waals surface area contributed by atoms with E-state index in [1.165, 1.54) is 25.3 Å². The van der Waals surface area contributed by atoms with Crippen LogP contribution in [0.3, 0.4) is 0 Å². The molecule has 26 heavy (non-hydrogen) atoms. The van der Waals surface area contributed by atoms with Gasteiger partial charge >= 0.3 is 0 Å². The van der Waals surface area contributed by atoms with E-state index in [1.54, 1.807) is 6.07 Å². The van der Waals surface area contributed by atoms with Gasteiger partial charge in [-0.3, -0.25) is 14.4 Å². The molecule has 0 spiro atoms. The van der Waals surface area contributed by atoms with E-state index in [0.717, 1.165) is 0 Å². The summed E-state index contributed by atoms with van der Waals surface area (Å²) in [5, 5.41) is 2.57. The van der Waals surface area contributed by atoms with Crippen LogP contribution in [0.1, 0.15) is 26.2 Å². The molecule has 1 aliphatic rings. The second-order valence-corrected chi connectivity index (χ2v) is 7.93. The molecule has 1 saturated heterocycles. The summed E-state index contributed by atoms with van der Waals surface area (Å²) in [6, 6.07) is 3.14. The number of aromatic nitrogens is 1. The summed E-state index contributed by atoms with van der Waals surface area (Å²) < 4.78 is 26.7. The largest absolute Gasteiger partial charge is 0.369 e. The Balaban J connectivity index is 2.45. The quantitative estimate of drug-likeness (QED) is 0.671. The number of hydrogen-bond acceptors (Lipinski definition) is 7. The number of carbonyl (C=O) groups is 3. The highest BCUT2D eigenvalue weighted by Gasteiger charge is 2.40. The average Bonchev–Trinajstić information content (AvgIpc) is 2.80. The van der Waals surface area contributed by atoms with E-state index < -0.39 is 46.0 Å². The Morgan fingerprint density at radius 1 is 1.42 bits per heavy atom. The molecule has 0 aliphatic carbocycles. The number of amides is 2. The first kappa shape index (κ1) is 20.0. The van der Waals surface area contributed by atoms with Crippen LogP contribution in [0.15, 0.2) is 29.4 Å². The first-order valence-corrected chi connectivity index (χ1v) is 9.70. The number of nitrogens with two attached hydrogens (primary N) is 1. The topological polar surface area (TPSA) is 140 Å². The van der Waals surface area contributed by atoms with Crippen LogP contribution in [-0.2, 0) is 24.4 Å². The Morgan fingerprint density at radius 2 is 2.15 bits per heavy atom. The van der Waals surface area contributed by atoms with Crippen LogP contribution < -0.4 is 11.1 Å². The molecule has 1 aromatic rings. The van der Waals surface area contributed by atoms with Gasteiger partial charge in [-0.05, 0) is 31.5 Å². The monoisotopic (exact) mass is 382 g/mol. The fourth-order valence-electron chi connectivity index (χ4n) is 2.69. The zero-order valence-corrected chi connectivity index (χ0v) is 15.2. The van der Waals surface area contributed by atoms with Gasteiger partial charge in [0.05, 0.1) is 6.54 Å². The van der Waals surface area contributed by atoms with Crippen molar-refractivity contribution in [2.45, 2.75) is 37.3 Å². The number of sulfonamides is 1. The number of pyridine rings is 1. The van der Waals surface area contributed by atoms with Gasteiger partial charge in [0.15, 0.2) is 10.8 Å². The lowest BCUT2D eigenvalue weighted by atomic mass is 10.0. The molecular weight excluding hydrogens is 360 g/mol. The molecular formula is C16H22N4O5S. The van der Waals surface area contributed by atoms with Crippen LogP contribution in [0.25, 0.3) is 0 Å². The van der Waals surface area contributed by atoms with Crippen LogP contribution in [0, 0.1) is 5.92 Å². The third kappa shape index (κ3) is 4.44. The van der Waals surface area contributed by atoms with Gasteiger partial charge in [0.2, 0.25) is 11.8 Å². The lowest BCUT2D eigenvalue weighted by Gasteiger charge is -2.29. The summed E-state index contributed by atoms with van der Waals surface area (Å²) in [6.07, 6.45) is 1.62. The highest BCUT2D eigenvalue weighted by molar-refractivity contribution is 7.89. The van der Waals surface area contributed by atoms with Crippen LogP contribution in [0.2, 0.25) is 0 Å². The predicted molar refractivity (Wildman–Crippen MR) is 92.1 cm³/mol. The second kappa shape index (κ2) is 8.37. The molecule has 142 valence electrons. The number of Topliss-reactive ketones (excluding diaryl/α,β-unsaturated/α-hetero) is 1. The van der Waals surface area contributed by atoms with Crippen molar-refractivity contribution in [2.24, 2.45) is 11.7 Å². The molecule has 0 aromatic carbocycles. The summed E-state index contributed by atoms with van der Waals surface area (Å²) in [4.78, 5) is 40.3. The van der Waals surface area contributed by atoms with Gasteiger partial charge in [-0.25, -0.2) is 9.29 Å². The van der Waals surface area contributed by atoms with Gasteiger partial charge in [-0.2, -0.15) is 8.42 Å². The van der Waals surface area contributed by atoms with E-state index in [9.17, 15) is 22.8 Å². The number of carbonyl (C=O) groups excluding carboxylic acids is 3. The fraction of sp³-hybridized carbons (Fsp3) is 0.500. The third-order valence-corrected chi connectivity index (χ3v) is 5.90. The minimum Gasteiger partial charge on any atom is -0.369 e. The van der Waals surface area contributed by atoms with Crippen LogP contribution in [-0.4, -0.2) is 54.4 Å². The van der Waals surface area contributed by atoms with Gasteiger partial charge in [-0.15, -0.1) is 0 Å². The van der Waals surface area contributed by atoms with Gasteiger partial charge in [0, 0.05) is 18.5 Å². The van der Waals surface area contributed by atoms with Crippen molar-refractivity contribution in [1.29, 1.82) is 0 Å². The molecule has 3 N–H and O–H groups in total. The Labute approximate surface area is 152 Å². The first-order chi connectivity index (χ1) is 12.2. The third-order valence-electron chi connectivity index (χ3n) is 4.16. The van der Waals surface area contributed by atoms with E-state index in [0.29, 0.717) is 17.3 Å². The maximum Gasteiger partial charge on any atom is 0.284 e. The molecule has 2 rings (SSSR count). The van der Waals surface area contributed by atoms with E-state index in [1.807, 2.05) is 0 Å². The average molecular weight is 382 g/mol. The maximum absolute atomic E-state index is 13.0. The van der Waals surface area contributed by atoms with Crippen molar-refractivity contribution < 1.29 is 22.8 Å². The number of ketones is 1. The predicted octanol–water partition coefficient (Wildman–Crippen LogP) is -0.568. The van der Waals surface area contributed by atoms with Gasteiger partial charge in [-0.1, -0.05) is 13.0 Å². The smallest absolute Gasteiger partial charge is 0.284 e. The van der Waals surface area contributed by atoms with Crippen LogP contribution >= 0.6 is 0 Å². The molecule has 0 saturated carbocycles. The zero-order chi connectivity index (χ0) is 19.3. The normalized spacial score (nSPS) is 19.4. The molecule has 9 nitrogen and oxygen atoms in total. The van der Waals surface area contributed by atoms with E-state index >= 15 is 0 Å². The molecule has 2 heterocycles. The summed E-state index contributed by atoms with van der Waals surface area (Å²) in [6.45, 7) is 1.95. The van der Waals surface area contributed by atoms with E-state index in [4.69, 9.17) is 5.73 Å². The minimum atomic E-state index is -4.35. The summed E-state index contributed by atoms with van der Waals surface area (Å²) in [5.41, 5.74) is 5.19. The Kier molecular flexibility index (Phi) is 6.43. The Hall–Kier alpha value is -2.33. The van der Waals surface area contributed by atoms with Crippen LogP contribution in [0.5, 0.6) is 0 Å². The number of primary amides is 1. The summed E-state index contributed by atoms with van der Waals surface area (Å²) in [7, 11) is -4.35. The standard InChI is InChI=1S/C16H22N4O5S/c1-11(16(17)23)9-15(22)20(12-5-4-7-18-10-13(12)21)26(24,25)14-6-2-3-8-19-14/h2-3,6,8,11-12,18H,4-5,7,9-10H2,1H3,(H2,17,23)/t11?,12-/m0/s1. The van der Waals surface area contributed by atoms with Crippen molar-refractivity contribution in [1.82, 2.24) is 14.6 Å². The molecule has 0 radical (unpaired) electrons. The molecule has 2 atom stereocenters. The zero-order valence-electron chi connectivity index (χ0n) is 14.4. The van der Waals surface area contributed by atoms with Crippen molar-refractivity contribution in [2.75, 3.05) is 13.1 Å². The summed E-state index contributed by atoms with van der Waals surface area (Å²) >= 11 is 0. The van der Waals surface area contributed by atoms with E-state index in [-0.39, 0.29) is 18.0 Å². The van der Waals surface area contributed by atoms with E-state index in [2.05, 4.69) is 10.3 Å². The molecule has 1 unspecified atom stereocenters. The highest BCUT2D eigenvalue weighted by Crippen LogP contribution is 2.23. The minimum absolute atomic E-state index is 0.0302. The number of nitrogens with one attached hydrogen (secondary N) is 1. The molecule has 1 fully saturated rings. The molecule has 1 aliphatic heterocycles. The molecule has 2 amide bonds. The Bertz CT molecular complexity index is 781. The first-order valence-electron chi connectivity index (χ1n) is 8.26. The Morgan fingerprint density at radius 3 is 2.77 bits per heavy atom.